The Kier molecular flexibility index (Phi) is 4.96. The summed E-state index contributed by atoms with van der Waals surface area (Å²) in [7, 11) is 0. The summed E-state index contributed by atoms with van der Waals surface area (Å²) in [6.45, 7) is 1.06. The fraction of sp³-hybridized carbons (Fsp3) is 0.211. The molecule has 0 atom stereocenters. The fourth-order valence-corrected chi connectivity index (χ4v) is 2.78. The molecule has 2 heterocycles. The molecule has 0 unspecified atom stereocenters. The molecule has 0 spiro atoms. The molecule has 3 aromatic rings. The molecule has 2 aromatic heterocycles. The molecule has 0 radical (unpaired) electrons. The zero-order valence-electron chi connectivity index (χ0n) is 12.6. The van der Waals surface area contributed by atoms with Crippen LogP contribution in [0.3, 0.4) is 0 Å². The van der Waals surface area contributed by atoms with E-state index in [0.717, 1.165) is 12.3 Å². The van der Waals surface area contributed by atoms with Crippen LogP contribution in [0.2, 0.25) is 0 Å². The van der Waals surface area contributed by atoms with Gasteiger partial charge < -0.3 is 4.98 Å². The maximum absolute atomic E-state index is 4.24. The van der Waals surface area contributed by atoms with Crippen molar-refractivity contribution in [3.05, 3.63) is 66.1 Å². The van der Waals surface area contributed by atoms with Crippen molar-refractivity contribution in [2.75, 3.05) is 5.75 Å². The van der Waals surface area contributed by atoms with Gasteiger partial charge in [0, 0.05) is 35.7 Å². The number of aryl methyl sites for hydroxylation is 1. The highest BCUT2D eigenvalue weighted by molar-refractivity contribution is 7.80. The molecule has 3 rings (SSSR count). The van der Waals surface area contributed by atoms with Gasteiger partial charge in [0.05, 0.1) is 0 Å². The van der Waals surface area contributed by atoms with Crippen molar-refractivity contribution in [2.24, 2.45) is 0 Å². The number of thiol groups is 1. The van der Waals surface area contributed by atoms with Crippen LogP contribution < -0.4 is 4.57 Å². The SMILES string of the molecule is SCCCC[n+]1ccc(/C=C/c2c[nH]c3ccccc23)cc1. The lowest BCUT2D eigenvalue weighted by Gasteiger charge is -1.97. The summed E-state index contributed by atoms with van der Waals surface area (Å²) in [4.78, 5) is 3.30. The number of nitrogens with one attached hydrogen (secondary N) is 1. The van der Waals surface area contributed by atoms with Crippen LogP contribution >= 0.6 is 12.6 Å². The van der Waals surface area contributed by atoms with E-state index in [2.05, 4.69) is 89.3 Å². The van der Waals surface area contributed by atoms with Crippen LogP contribution in [0.15, 0.2) is 55.0 Å². The molecule has 0 aliphatic carbocycles. The minimum atomic E-state index is 0.964. The van der Waals surface area contributed by atoms with Crippen LogP contribution in [0.5, 0.6) is 0 Å². The third-order valence-electron chi connectivity index (χ3n) is 3.82. The number of H-pyrrole nitrogens is 1. The van der Waals surface area contributed by atoms with Crippen LogP contribution in [-0.4, -0.2) is 10.7 Å². The maximum Gasteiger partial charge on any atom is 0.169 e. The molecule has 0 fully saturated rings. The van der Waals surface area contributed by atoms with Gasteiger partial charge in [-0.15, -0.1) is 0 Å². The largest absolute Gasteiger partial charge is 0.361 e. The number of nitrogens with zero attached hydrogens (tertiary/aromatic N) is 1. The quantitative estimate of drug-likeness (QED) is 0.384. The third-order valence-corrected chi connectivity index (χ3v) is 4.13. The van der Waals surface area contributed by atoms with E-state index in [1.807, 2.05) is 0 Å². The Labute approximate surface area is 136 Å². The predicted molar refractivity (Wildman–Crippen MR) is 97.0 cm³/mol. The standard InChI is InChI=1S/C19H20N2S/c22-14-4-3-11-21-12-9-16(10-13-21)7-8-17-15-20-19-6-2-1-5-18(17)19/h1-2,5-10,12-13,15,22H,3-4,11,14H2/p+1. The van der Waals surface area contributed by atoms with Crippen LogP contribution in [0.1, 0.15) is 24.0 Å². The molecule has 1 N–H and O–H groups in total. The van der Waals surface area contributed by atoms with Crippen molar-refractivity contribution in [1.82, 2.24) is 4.98 Å². The molecule has 0 aliphatic rings. The zero-order valence-corrected chi connectivity index (χ0v) is 13.5. The molecule has 1 aromatic carbocycles. The monoisotopic (exact) mass is 309 g/mol. The van der Waals surface area contributed by atoms with Crippen molar-refractivity contribution in [3.8, 4) is 0 Å². The van der Waals surface area contributed by atoms with Crippen LogP contribution in [0.4, 0.5) is 0 Å². The summed E-state index contributed by atoms with van der Waals surface area (Å²) < 4.78 is 2.23. The second kappa shape index (κ2) is 7.32. The number of pyridine rings is 1. The summed E-state index contributed by atoms with van der Waals surface area (Å²) in [5, 5.41) is 1.26. The average Bonchev–Trinajstić information content (AvgIpc) is 2.98. The second-order valence-electron chi connectivity index (χ2n) is 5.42. The van der Waals surface area contributed by atoms with Crippen LogP contribution in [0, 0.1) is 0 Å². The topological polar surface area (TPSA) is 19.7 Å². The highest BCUT2D eigenvalue weighted by atomic mass is 32.1. The lowest BCUT2D eigenvalue weighted by atomic mass is 10.1. The maximum atomic E-state index is 4.24. The first-order valence-corrected chi connectivity index (χ1v) is 8.34. The third kappa shape index (κ3) is 3.60. The molecule has 2 nitrogen and oxygen atoms in total. The molecule has 0 saturated heterocycles. The molecule has 3 heteroatoms. The minimum absolute atomic E-state index is 0.964. The van der Waals surface area contributed by atoms with E-state index in [1.165, 1.54) is 34.9 Å². The second-order valence-corrected chi connectivity index (χ2v) is 5.87. The Morgan fingerprint density at radius 1 is 1.00 bits per heavy atom. The number of hydrogen-bond acceptors (Lipinski definition) is 1. The van der Waals surface area contributed by atoms with E-state index >= 15 is 0 Å². The normalized spacial score (nSPS) is 11.5. The van der Waals surface area contributed by atoms with Crippen LogP contribution in [-0.2, 0) is 6.54 Å². The van der Waals surface area contributed by atoms with E-state index in [9.17, 15) is 0 Å². The Balaban J connectivity index is 1.70. The van der Waals surface area contributed by atoms with Crippen molar-refractivity contribution >= 4 is 35.7 Å². The van der Waals surface area contributed by atoms with Crippen molar-refractivity contribution < 1.29 is 4.57 Å². The van der Waals surface area contributed by atoms with Gasteiger partial charge in [-0.25, -0.2) is 4.57 Å². The summed E-state index contributed by atoms with van der Waals surface area (Å²) >= 11 is 4.24. The molecular formula is C19H21N2S+. The Morgan fingerprint density at radius 2 is 1.82 bits per heavy atom. The summed E-state index contributed by atoms with van der Waals surface area (Å²) in [6.07, 6.45) is 13.0. The van der Waals surface area contributed by atoms with Gasteiger partial charge in [0.1, 0.15) is 6.54 Å². The first-order valence-electron chi connectivity index (χ1n) is 7.71. The van der Waals surface area contributed by atoms with Gasteiger partial charge >= 0.3 is 0 Å². The van der Waals surface area contributed by atoms with Gasteiger partial charge in [0.15, 0.2) is 12.4 Å². The smallest absolute Gasteiger partial charge is 0.169 e. The minimum Gasteiger partial charge on any atom is -0.361 e. The van der Waals surface area contributed by atoms with Gasteiger partial charge in [0.25, 0.3) is 0 Å². The van der Waals surface area contributed by atoms with Crippen LogP contribution in [0.25, 0.3) is 23.1 Å². The van der Waals surface area contributed by atoms with E-state index in [0.29, 0.717) is 0 Å². The predicted octanol–water partition coefficient (Wildman–Crippen LogP) is 4.34. The molecule has 0 aliphatic heterocycles. The van der Waals surface area contributed by atoms with Gasteiger partial charge in [-0.3, -0.25) is 0 Å². The molecule has 0 bridgehead atoms. The number of aromatic nitrogens is 2. The molecule has 112 valence electrons. The van der Waals surface area contributed by atoms with Crippen molar-refractivity contribution in [1.29, 1.82) is 0 Å². The van der Waals surface area contributed by atoms with E-state index in [1.54, 1.807) is 0 Å². The molecular weight excluding hydrogens is 288 g/mol. The highest BCUT2D eigenvalue weighted by Gasteiger charge is 2.01. The number of benzene rings is 1. The number of unbranched alkanes of at least 4 members (excludes halogenated alkanes) is 1. The summed E-state index contributed by atoms with van der Waals surface area (Å²) in [5.74, 6) is 0.964. The molecule has 0 amide bonds. The average molecular weight is 309 g/mol. The van der Waals surface area contributed by atoms with Gasteiger partial charge in [-0.05, 0) is 29.4 Å². The first-order chi connectivity index (χ1) is 10.9. The van der Waals surface area contributed by atoms with E-state index in [-0.39, 0.29) is 0 Å². The lowest BCUT2D eigenvalue weighted by molar-refractivity contribution is -0.697. The molecule has 22 heavy (non-hydrogen) atoms. The summed E-state index contributed by atoms with van der Waals surface area (Å²) in [5.41, 5.74) is 3.62. The highest BCUT2D eigenvalue weighted by Crippen LogP contribution is 2.19. The zero-order chi connectivity index (χ0) is 15.2. The van der Waals surface area contributed by atoms with E-state index in [4.69, 9.17) is 0 Å². The fourth-order valence-electron chi connectivity index (χ4n) is 2.55. The number of fused-ring (bicyclic) bond motifs is 1. The number of para-hydroxylation sites is 1. The number of aromatic amines is 1. The van der Waals surface area contributed by atoms with Gasteiger partial charge in [-0.1, -0.05) is 30.4 Å². The Hall–Kier alpha value is -2.00. The van der Waals surface area contributed by atoms with Gasteiger partial charge in [-0.2, -0.15) is 12.6 Å². The molecule has 0 saturated carbocycles. The number of hydrogen-bond donors (Lipinski definition) is 2. The van der Waals surface area contributed by atoms with Gasteiger partial charge in [0.2, 0.25) is 0 Å². The van der Waals surface area contributed by atoms with Crippen molar-refractivity contribution in [2.45, 2.75) is 19.4 Å². The van der Waals surface area contributed by atoms with E-state index < -0.39 is 0 Å². The number of rotatable bonds is 6. The summed E-state index contributed by atoms with van der Waals surface area (Å²) in [6, 6.07) is 12.7. The lowest BCUT2D eigenvalue weighted by Crippen LogP contribution is -2.32. The Bertz CT molecular complexity index is 756. The van der Waals surface area contributed by atoms with Crippen molar-refractivity contribution in [3.63, 3.8) is 0 Å². The first kappa shape index (κ1) is 14.9. The Morgan fingerprint density at radius 3 is 2.64 bits per heavy atom.